The largest absolute Gasteiger partial charge is 0.507 e. The second kappa shape index (κ2) is 14.9. The highest BCUT2D eigenvalue weighted by Gasteiger charge is 2.28. The molecule has 0 fully saturated rings. The lowest BCUT2D eigenvalue weighted by Gasteiger charge is -2.29. The molecule has 0 radical (unpaired) electrons. The summed E-state index contributed by atoms with van der Waals surface area (Å²) in [5.41, 5.74) is 6.35. The van der Waals surface area contributed by atoms with Crippen molar-refractivity contribution in [3.05, 3.63) is 57.6 Å². The van der Waals surface area contributed by atoms with Crippen LogP contribution in [-0.2, 0) is 34.5 Å². The predicted molar refractivity (Wildman–Crippen MR) is 188 cm³/mol. The Hall–Kier alpha value is -2.00. The topological polar surface area (TPSA) is 43.7 Å². The SMILES string of the molecule is CCCCCCCCN(CCc1cc(C(C)(C)C)c(O)c(C(C)(C)C)c1)CCc1cc(C(C)(C)C)c(O)c(C(C)(C)C)c1. The maximum absolute atomic E-state index is 11.2. The molecule has 0 unspecified atom stereocenters. The standard InChI is InChI=1S/C40H67NO2/c1-14-15-16-17-18-19-22-41(23-20-29-25-31(37(2,3)4)35(42)32(26-29)38(5,6)7)24-21-30-27-33(39(8,9)10)36(43)34(28-30)40(11,12)13/h25-28,42-43H,14-24H2,1-13H3. The number of hydrogen-bond acceptors (Lipinski definition) is 3. The van der Waals surface area contributed by atoms with Crippen LogP contribution in [0.1, 0.15) is 162 Å². The van der Waals surface area contributed by atoms with Gasteiger partial charge in [-0.1, -0.05) is 146 Å². The van der Waals surface area contributed by atoms with Gasteiger partial charge in [-0.25, -0.2) is 0 Å². The van der Waals surface area contributed by atoms with E-state index in [1.807, 2.05) is 0 Å². The number of phenolic OH excluding ortho intramolecular Hbond substituents is 2. The lowest BCUT2D eigenvalue weighted by atomic mass is 9.78. The van der Waals surface area contributed by atoms with Crippen molar-refractivity contribution >= 4 is 0 Å². The molecule has 2 rings (SSSR count). The third kappa shape index (κ3) is 11.1. The molecule has 43 heavy (non-hydrogen) atoms. The van der Waals surface area contributed by atoms with Crippen LogP contribution in [0.5, 0.6) is 11.5 Å². The fourth-order valence-electron chi connectivity index (χ4n) is 5.99. The maximum Gasteiger partial charge on any atom is 0.123 e. The van der Waals surface area contributed by atoms with Crippen LogP contribution in [0.25, 0.3) is 0 Å². The molecule has 0 heterocycles. The van der Waals surface area contributed by atoms with Crippen LogP contribution >= 0.6 is 0 Å². The molecule has 0 spiro atoms. The summed E-state index contributed by atoms with van der Waals surface area (Å²) in [6, 6.07) is 8.99. The van der Waals surface area contributed by atoms with Crippen LogP contribution in [0.2, 0.25) is 0 Å². The summed E-state index contributed by atoms with van der Waals surface area (Å²) in [6.45, 7) is 31.7. The van der Waals surface area contributed by atoms with Crippen molar-refractivity contribution in [1.82, 2.24) is 4.90 Å². The van der Waals surface area contributed by atoms with E-state index >= 15 is 0 Å². The van der Waals surface area contributed by atoms with Crippen molar-refractivity contribution in [2.24, 2.45) is 0 Å². The molecule has 2 aromatic rings. The third-order valence-corrected chi connectivity index (χ3v) is 8.83. The van der Waals surface area contributed by atoms with Crippen LogP contribution in [0.15, 0.2) is 24.3 Å². The molecule has 3 heteroatoms. The van der Waals surface area contributed by atoms with Gasteiger partial charge in [0.25, 0.3) is 0 Å². The highest BCUT2D eigenvalue weighted by molar-refractivity contribution is 5.51. The molecule has 0 atom stereocenters. The highest BCUT2D eigenvalue weighted by Crippen LogP contribution is 2.41. The van der Waals surface area contributed by atoms with Crippen molar-refractivity contribution in [2.75, 3.05) is 19.6 Å². The normalized spacial score (nSPS) is 13.3. The van der Waals surface area contributed by atoms with Gasteiger partial charge in [0.15, 0.2) is 0 Å². The molecular formula is C40H67NO2. The van der Waals surface area contributed by atoms with Crippen LogP contribution in [0.3, 0.4) is 0 Å². The van der Waals surface area contributed by atoms with E-state index in [9.17, 15) is 10.2 Å². The van der Waals surface area contributed by atoms with Gasteiger partial charge in [0.2, 0.25) is 0 Å². The Kier molecular flexibility index (Phi) is 12.8. The quantitative estimate of drug-likeness (QED) is 0.227. The molecule has 0 aliphatic rings. The Bertz CT molecular complexity index is 1010. The van der Waals surface area contributed by atoms with Gasteiger partial charge in [0.1, 0.15) is 11.5 Å². The van der Waals surface area contributed by atoms with Gasteiger partial charge in [0.05, 0.1) is 0 Å². The van der Waals surface area contributed by atoms with Crippen molar-refractivity contribution < 1.29 is 10.2 Å². The molecular weight excluding hydrogens is 526 g/mol. The number of phenols is 2. The summed E-state index contributed by atoms with van der Waals surface area (Å²) >= 11 is 0. The van der Waals surface area contributed by atoms with E-state index in [1.165, 1.54) is 49.7 Å². The second-order valence-electron chi connectivity index (χ2n) is 17.2. The van der Waals surface area contributed by atoms with Crippen molar-refractivity contribution in [1.29, 1.82) is 0 Å². The average molecular weight is 594 g/mol. The van der Waals surface area contributed by atoms with Crippen LogP contribution in [0, 0.1) is 0 Å². The van der Waals surface area contributed by atoms with Crippen molar-refractivity contribution in [3.8, 4) is 11.5 Å². The van der Waals surface area contributed by atoms with Crippen LogP contribution < -0.4 is 0 Å². The fourth-order valence-corrected chi connectivity index (χ4v) is 5.99. The molecule has 244 valence electrons. The number of benzene rings is 2. The molecule has 0 saturated heterocycles. The smallest absolute Gasteiger partial charge is 0.123 e. The van der Waals surface area contributed by atoms with Crippen LogP contribution in [0.4, 0.5) is 0 Å². The number of unbranched alkanes of at least 4 members (excludes halogenated alkanes) is 5. The first kappa shape index (κ1) is 37.2. The summed E-state index contributed by atoms with van der Waals surface area (Å²) < 4.78 is 0. The number of nitrogens with zero attached hydrogens (tertiary/aromatic N) is 1. The Morgan fingerprint density at radius 2 is 0.767 bits per heavy atom. The van der Waals surface area contributed by atoms with E-state index in [1.54, 1.807) is 0 Å². The van der Waals surface area contributed by atoms with Gasteiger partial charge in [-0.2, -0.15) is 0 Å². The molecule has 2 N–H and O–H groups in total. The number of hydrogen-bond donors (Lipinski definition) is 2. The van der Waals surface area contributed by atoms with Crippen molar-refractivity contribution in [3.63, 3.8) is 0 Å². The minimum atomic E-state index is -0.118. The minimum Gasteiger partial charge on any atom is -0.507 e. The fraction of sp³-hybridized carbons (Fsp3) is 0.700. The zero-order chi connectivity index (χ0) is 32.8. The van der Waals surface area contributed by atoms with Gasteiger partial charge in [0, 0.05) is 13.1 Å². The van der Waals surface area contributed by atoms with E-state index in [0.717, 1.165) is 54.7 Å². The highest BCUT2D eigenvalue weighted by atomic mass is 16.3. The Morgan fingerprint density at radius 1 is 0.465 bits per heavy atom. The monoisotopic (exact) mass is 594 g/mol. The van der Waals surface area contributed by atoms with E-state index in [2.05, 4.69) is 119 Å². The average Bonchev–Trinajstić information content (AvgIpc) is 2.85. The number of aromatic hydroxyl groups is 2. The third-order valence-electron chi connectivity index (χ3n) is 8.83. The minimum absolute atomic E-state index is 0.118. The molecule has 0 bridgehead atoms. The lowest BCUT2D eigenvalue weighted by Crippen LogP contribution is -2.30. The summed E-state index contributed by atoms with van der Waals surface area (Å²) in [5, 5.41) is 22.5. The van der Waals surface area contributed by atoms with Crippen LogP contribution in [-0.4, -0.2) is 34.7 Å². The van der Waals surface area contributed by atoms with Gasteiger partial charge < -0.3 is 15.1 Å². The Morgan fingerprint density at radius 3 is 1.07 bits per heavy atom. The first-order valence-electron chi connectivity index (χ1n) is 17.1. The molecule has 2 aromatic carbocycles. The van der Waals surface area contributed by atoms with E-state index in [0.29, 0.717) is 11.5 Å². The summed E-state index contributed by atoms with van der Waals surface area (Å²) in [7, 11) is 0. The summed E-state index contributed by atoms with van der Waals surface area (Å²) in [6.07, 6.45) is 9.75. The molecule has 0 aliphatic carbocycles. The number of rotatable bonds is 13. The molecule has 0 aromatic heterocycles. The Balaban J connectivity index is 2.34. The van der Waals surface area contributed by atoms with E-state index in [-0.39, 0.29) is 21.7 Å². The van der Waals surface area contributed by atoms with Gasteiger partial charge in [-0.3, -0.25) is 0 Å². The van der Waals surface area contributed by atoms with Gasteiger partial charge in [-0.05, 0) is 80.8 Å². The Labute approximate surface area is 266 Å². The van der Waals surface area contributed by atoms with Gasteiger partial charge >= 0.3 is 0 Å². The maximum atomic E-state index is 11.2. The first-order chi connectivity index (χ1) is 19.7. The van der Waals surface area contributed by atoms with Crippen molar-refractivity contribution in [2.45, 2.75) is 163 Å². The summed E-state index contributed by atoms with van der Waals surface area (Å²) in [4.78, 5) is 2.65. The molecule has 3 nitrogen and oxygen atoms in total. The molecule has 0 amide bonds. The lowest BCUT2D eigenvalue weighted by molar-refractivity contribution is 0.272. The second-order valence-corrected chi connectivity index (χ2v) is 17.2. The predicted octanol–water partition coefficient (Wildman–Crippen LogP) is 10.7. The summed E-state index contributed by atoms with van der Waals surface area (Å²) in [5.74, 6) is 0.925. The van der Waals surface area contributed by atoms with Gasteiger partial charge in [-0.15, -0.1) is 0 Å². The molecule has 0 aliphatic heterocycles. The zero-order valence-corrected chi connectivity index (χ0v) is 30.4. The van der Waals surface area contributed by atoms with E-state index < -0.39 is 0 Å². The zero-order valence-electron chi connectivity index (χ0n) is 30.4. The van der Waals surface area contributed by atoms with E-state index in [4.69, 9.17) is 0 Å². The molecule has 0 saturated carbocycles. The first-order valence-corrected chi connectivity index (χ1v) is 17.1.